The molecule has 0 amide bonds. The molecule has 2 aromatic rings. The number of hydrogen-bond acceptors (Lipinski definition) is 2. The Morgan fingerprint density at radius 2 is 1.90 bits per heavy atom. The lowest BCUT2D eigenvalue weighted by molar-refractivity contribution is 0.636. The lowest BCUT2D eigenvalue weighted by Gasteiger charge is -2.09. The summed E-state index contributed by atoms with van der Waals surface area (Å²) < 4.78 is 3.18. The van der Waals surface area contributed by atoms with E-state index in [1.165, 1.54) is 16.8 Å². The molecule has 0 radical (unpaired) electrons. The van der Waals surface area contributed by atoms with Crippen LogP contribution in [0, 0.1) is 13.8 Å². The lowest BCUT2D eigenvalue weighted by Crippen LogP contribution is -2.22. The summed E-state index contributed by atoms with van der Waals surface area (Å²) in [5.41, 5.74) is 11.0. The third-order valence-electron chi connectivity index (χ3n) is 3.77. The maximum Gasteiger partial charge on any atom is 0.0662 e. The lowest BCUT2D eigenvalue weighted by atomic mass is 10.0. The van der Waals surface area contributed by atoms with E-state index in [0.717, 1.165) is 29.6 Å². The molecule has 0 aliphatic carbocycles. The van der Waals surface area contributed by atoms with Gasteiger partial charge in [-0.05, 0) is 49.9 Å². The van der Waals surface area contributed by atoms with Crippen molar-refractivity contribution in [2.75, 3.05) is 0 Å². The van der Waals surface area contributed by atoms with Crippen molar-refractivity contribution in [1.29, 1.82) is 0 Å². The number of benzene rings is 1. The summed E-state index contributed by atoms with van der Waals surface area (Å²) in [5, 5.41) is 4.66. The van der Waals surface area contributed by atoms with E-state index < -0.39 is 0 Å². The number of halogens is 1. The molecule has 0 aliphatic rings. The van der Waals surface area contributed by atoms with Gasteiger partial charge < -0.3 is 5.73 Å². The standard InChI is InChI=1S/C16H22BrN3/c1-4-15(18)9-16-11(2)19-20(12(16)3)10-13-5-7-14(17)8-6-13/h5-8,15H,4,9-10,18H2,1-3H3. The van der Waals surface area contributed by atoms with Gasteiger partial charge in [-0.15, -0.1) is 0 Å². The Morgan fingerprint density at radius 1 is 1.25 bits per heavy atom. The minimum atomic E-state index is 0.220. The van der Waals surface area contributed by atoms with Gasteiger partial charge in [0, 0.05) is 16.2 Å². The van der Waals surface area contributed by atoms with E-state index in [0.29, 0.717) is 0 Å². The molecule has 0 saturated heterocycles. The van der Waals surface area contributed by atoms with Gasteiger partial charge in [-0.25, -0.2) is 0 Å². The van der Waals surface area contributed by atoms with Crippen LogP contribution in [0.4, 0.5) is 0 Å². The summed E-state index contributed by atoms with van der Waals surface area (Å²) in [7, 11) is 0. The minimum absolute atomic E-state index is 0.220. The molecular weight excluding hydrogens is 314 g/mol. The first-order valence-corrected chi connectivity index (χ1v) is 7.83. The second-order valence-electron chi connectivity index (χ2n) is 5.31. The van der Waals surface area contributed by atoms with Crippen molar-refractivity contribution in [3.63, 3.8) is 0 Å². The van der Waals surface area contributed by atoms with E-state index in [9.17, 15) is 0 Å². The monoisotopic (exact) mass is 335 g/mol. The summed E-state index contributed by atoms with van der Waals surface area (Å²) >= 11 is 3.46. The van der Waals surface area contributed by atoms with Crippen LogP contribution < -0.4 is 5.73 Å². The van der Waals surface area contributed by atoms with Crippen LogP contribution in [-0.2, 0) is 13.0 Å². The molecule has 2 rings (SSSR count). The van der Waals surface area contributed by atoms with E-state index in [-0.39, 0.29) is 6.04 Å². The first-order valence-electron chi connectivity index (χ1n) is 7.04. The molecule has 0 bridgehead atoms. The Morgan fingerprint density at radius 3 is 2.50 bits per heavy atom. The summed E-state index contributed by atoms with van der Waals surface area (Å²) in [6.07, 6.45) is 1.91. The van der Waals surface area contributed by atoms with Crippen molar-refractivity contribution in [1.82, 2.24) is 9.78 Å². The average Bonchev–Trinajstić information content (AvgIpc) is 2.69. The third kappa shape index (κ3) is 3.49. The maximum atomic E-state index is 6.08. The molecule has 108 valence electrons. The third-order valence-corrected chi connectivity index (χ3v) is 4.30. The first-order chi connectivity index (χ1) is 9.51. The summed E-state index contributed by atoms with van der Waals surface area (Å²) in [6.45, 7) is 7.14. The Balaban J connectivity index is 2.21. The van der Waals surface area contributed by atoms with Crippen LogP contribution in [0.2, 0.25) is 0 Å². The van der Waals surface area contributed by atoms with Gasteiger partial charge in [0.2, 0.25) is 0 Å². The normalized spacial score (nSPS) is 12.7. The summed E-state index contributed by atoms with van der Waals surface area (Å²) in [5.74, 6) is 0. The molecule has 1 atom stereocenters. The highest BCUT2D eigenvalue weighted by Gasteiger charge is 2.14. The smallest absolute Gasteiger partial charge is 0.0662 e. The van der Waals surface area contributed by atoms with Crippen molar-refractivity contribution >= 4 is 15.9 Å². The summed E-state index contributed by atoms with van der Waals surface area (Å²) in [6, 6.07) is 8.59. The predicted molar refractivity (Wildman–Crippen MR) is 86.9 cm³/mol. The van der Waals surface area contributed by atoms with E-state index in [1.807, 2.05) is 0 Å². The van der Waals surface area contributed by atoms with Crippen LogP contribution in [-0.4, -0.2) is 15.8 Å². The Bertz CT molecular complexity index is 572. The quantitative estimate of drug-likeness (QED) is 0.907. The zero-order valence-electron chi connectivity index (χ0n) is 12.4. The van der Waals surface area contributed by atoms with Crippen LogP contribution in [0.15, 0.2) is 28.7 Å². The fourth-order valence-electron chi connectivity index (χ4n) is 2.35. The van der Waals surface area contributed by atoms with Gasteiger partial charge >= 0.3 is 0 Å². The molecule has 1 aromatic heterocycles. The molecule has 20 heavy (non-hydrogen) atoms. The molecule has 2 N–H and O–H groups in total. The van der Waals surface area contributed by atoms with Crippen molar-refractivity contribution in [3.8, 4) is 0 Å². The van der Waals surface area contributed by atoms with Gasteiger partial charge in [0.1, 0.15) is 0 Å². The van der Waals surface area contributed by atoms with Gasteiger partial charge in [0.15, 0.2) is 0 Å². The zero-order valence-corrected chi connectivity index (χ0v) is 13.9. The molecule has 1 unspecified atom stereocenters. The van der Waals surface area contributed by atoms with Gasteiger partial charge in [-0.1, -0.05) is 35.0 Å². The Kier molecular flexibility index (Phi) is 5.00. The van der Waals surface area contributed by atoms with Gasteiger partial charge in [0.25, 0.3) is 0 Å². The number of aromatic nitrogens is 2. The Labute approximate surface area is 129 Å². The number of nitrogens with zero attached hydrogens (tertiary/aromatic N) is 2. The van der Waals surface area contributed by atoms with Crippen LogP contribution in [0.25, 0.3) is 0 Å². The SMILES string of the molecule is CCC(N)Cc1c(C)nn(Cc2ccc(Br)cc2)c1C. The molecule has 3 nitrogen and oxygen atoms in total. The zero-order chi connectivity index (χ0) is 14.7. The number of hydrogen-bond donors (Lipinski definition) is 1. The van der Waals surface area contributed by atoms with E-state index in [2.05, 4.69) is 70.7 Å². The van der Waals surface area contributed by atoms with Crippen LogP contribution >= 0.6 is 15.9 Å². The second kappa shape index (κ2) is 6.55. The van der Waals surface area contributed by atoms with Gasteiger partial charge in [-0.2, -0.15) is 5.10 Å². The fraction of sp³-hybridized carbons (Fsp3) is 0.438. The highest BCUT2D eigenvalue weighted by Crippen LogP contribution is 2.18. The molecule has 1 heterocycles. The van der Waals surface area contributed by atoms with E-state index in [1.54, 1.807) is 0 Å². The fourth-order valence-corrected chi connectivity index (χ4v) is 2.62. The first kappa shape index (κ1) is 15.3. The highest BCUT2D eigenvalue weighted by molar-refractivity contribution is 9.10. The Hall–Kier alpha value is -1.13. The number of nitrogens with two attached hydrogens (primary N) is 1. The van der Waals surface area contributed by atoms with Crippen molar-refractivity contribution in [2.45, 2.75) is 46.2 Å². The molecule has 4 heteroatoms. The largest absolute Gasteiger partial charge is 0.327 e. The molecule has 1 aromatic carbocycles. The van der Waals surface area contributed by atoms with Crippen molar-refractivity contribution in [3.05, 3.63) is 51.3 Å². The van der Waals surface area contributed by atoms with E-state index in [4.69, 9.17) is 5.73 Å². The molecule has 0 aliphatic heterocycles. The number of rotatable bonds is 5. The van der Waals surface area contributed by atoms with Crippen LogP contribution in [0.3, 0.4) is 0 Å². The minimum Gasteiger partial charge on any atom is -0.327 e. The molecule has 0 spiro atoms. The molecular formula is C16H22BrN3. The summed E-state index contributed by atoms with van der Waals surface area (Å²) in [4.78, 5) is 0. The maximum absolute atomic E-state index is 6.08. The van der Waals surface area contributed by atoms with Crippen LogP contribution in [0.1, 0.15) is 35.9 Å². The highest BCUT2D eigenvalue weighted by atomic mass is 79.9. The van der Waals surface area contributed by atoms with Crippen molar-refractivity contribution in [2.24, 2.45) is 5.73 Å². The van der Waals surface area contributed by atoms with Crippen LogP contribution in [0.5, 0.6) is 0 Å². The van der Waals surface area contributed by atoms with Gasteiger partial charge in [-0.3, -0.25) is 4.68 Å². The van der Waals surface area contributed by atoms with Gasteiger partial charge in [0.05, 0.1) is 12.2 Å². The molecule has 0 saturated carbocycles. The van der Waals surface area contributed by atoms with Crippen molar-refractivity contribution < 1.29 is 0 Å². The van der Waals surface area contributed by atoms with E-state index >= 15 is 0 Å². The number of aryl methyl sites for hydroxylation is 1. The second-order valence-corrected chi connectivity index (χ2v) is 6.22. The molecule has 0 fully saturated rings. The topological polar surface area (TPSA) is 43.8 Å². The average molecular weight is 336 g/mol. The predicted octanol–water partition coefficient (Wildman–Crippen LogP) is 3.59.